The van der Waals surface area contributed by atoms with Crippen LogP contribution >= 0.6 is 0 Å². The highest BCUT2D eigenvalue weighted by Gasteiger charge is 2.07. The van der Waals surface area contributed by atoms with E-state index in [9.17, 15) is 10.1 Å². The molecule has 2 rings (SSSR count). The lowest BCUT2D eigenvalue weighted by molar-refractivity contribution is -0.384. The molecule has 0 bridgehead atoms. The maximum Gasteiger partial charge on any atom is 0.269 e. The number of nitrogens with zero attached hydrogens (tertiary/aromatic N) is 3. The van der Waals surface area contributed by atoms with Gasteiger partial charge in [-0.05, 0) is 38.4 Å². The minimum Gasteiger partial charge on any atom is -0.320 e. The summed E-state index contributed by atoms with van der Waals surface area (Å²) in [7, 11) is 4.01. The number of nitro benzene ring substituents is 1. The molecule has 0 radical (unpaired) electrons. The van der Waals surface area contributed by atoms with Crippen LogP contribution in [0.25, 0.3) is 5.69 Å². The van der Waals surface area contributed by atoms with Gasteiger partial charge in [0.25, 0.3) is 5.69 Å². The normalized spacial score (nSPS) is 10.8. The van der Waals surface area contributed by atoms with E-state index in [4.69, 9.17) is 0 Å². The fourth-order valence-corrected chi connectivity index (χ4v) is 1.86. The highest BCUT2D eigenvalue weighted by atomic mass is 16.6. The molecule has 0 N–H and O–H groups in total. The van der Waals surface area contributed by atoms with Crippen LogP contribution < -0.4 is 0 Å². The summed E-state index contributed by atoms with van der Waals surface area (Å²) in [5.74, 6) is 0. The van der Waals surface area contributed by atoms with Crippen molar-refractivity contribution >= 4 is 5.69 Å². The van der Waals surface area contributed by atoms with Crippen molar-refractivity contribution in [1.82, 2.24) is 9.47 Å². The quantitative estimate of drug-likeness (QED) is 0.614. The van der Waals surface area contributed by atoms with Gasteiger partial charge in [0, 0.05) is 36.3 Å². The molecule has 5 heteroatoms. The molecule has 0 aliphatic carbocycles. The molecule has 1 heterocycles. The Morgan fingerprint density at radius 1 is 1.22 bits per heavy atom. The van der Waals surface area contributed by atoms with E-state index in [-0.39, 0.29) is 10.6 Å². The van der Waals surface area contributed by atoms with Crippen LogP contribution in [-0.4, -0.2) is 28.5 Å². The van der Waals surface area contributed by atoms with E-state index in [2.05, 4.69) is 4.90 Å². The molecule has 0 aliphatic rings. The summed E-state index contributed by atoms with van der Waals surface area (Å²) in [6.45, 7) is 0.823. The topological polar surface area (TPSA) is 51.3 Å². The Labute approximate surface area is 105 Å². The zero-order valence-corrected chi connectivity index (χ0v) is 10.4. The molecule has 0 unspecified atom stereocenters. The van der Waals surface area contributed by atoms with Gasteiger partial charge in [-0.15, -0.1) is 0 Å². The van der Waals surface area contributed by atoms with Crippen LogP contribution in [0.2, 0.25) is 0 Å². The maximum atomic E-state index is 10.6. The fraction of sp³-hybridized carbons (Fsp3) is 0.231. The van der Waals surface area contributed by atoms with Gasteiger partial charge in [0.05, 0.1) is 4.92 Å². The Kier molecular flexibility index (Phi) is 3.43. The summed E-state index contributed by atoms with van der Waals surface area (Å²) < 4.78 is 2.03. The van der Waals surface area contributed by atoms with Gasteiger partial charge in [-0.1, -0.05) is 0 Å². The predicted molar refractivity (Wildman–Crippen MR) is 69.8 cm³/mol. The lowest BCUT2D eigenvalue weighted by atomic mass is 10.2. The molecule has 0 fully saturated rings. The zero-order valence-electron chi connectivity index (χ0n) is 10.4. The molecule has 5 nitrogen and oxygen atoms in total. The third-order valence-corrected chi connectivity index (χ3v) is 2.65. The van der Waals surface area contributed by atoms with E-state index in [1.54, 1.807) is 12.1 Å². The number of nitro groups is 1. The van der Waals surface area contributed by atoms with Crippen molar-refractivity contribution in [2.45, 2.75) is 6.54 Å². The molecule has 1 aromatic carbocycles. The molecule has 0 spiro atoms. The van der Waals surface area contributed by atoms with Crippen molar-refractivity contribution in [3.05, 3.63) is 58.4 Å². The van der Waals surface area contributed by atoms with Crippen molar-refractivity contribution in [3.63, 3.8) is 0 Å². The van der Waals surface area contributed by atoms with Gasteiger partial charge in [-0.2, -0.15) is 0 Å². The smallest absolute Gasteiger partial charge is 0.269 e. The van der Waals surface area contributed by atoms with Crippen molar-refractivity contribution in [2.24, 2.45) is 0 Å². The van der Waals surface area contributed by atoms with Crippen LogP contribution in [0.5, 0.6) is 0 Å². The Morgan fingerprint density at radius 3 is 2.44 bits per heavy atom. The summed E-state index contributed by atoms with van der Waals surface area (Å²) in [4.78, 5) is 12.3. The molecule has 0 saturated carbocycles. The molecule has 0 amide bonds. The molecular formula is C13H15N3O2. The average Bonchev–Trinajstić information content (AvgIpc) is 2.76. The number of non-ortho nitro benzene ring substituents is 1. The van der Waals surface area contributed by atoms with Crippen LogP contribution in [0.15, 0.2) is 42.6 Å². The van der Waals surface area contributed by atoms with Crippen LogP contribution in [0.3, 0.4) is 0 Å². The van der Waals surface area contributed by atoms with Crippen LogP contribution in [0.4, 0.5) is 5.69 Å². The number of rotatable bonds is 4. The standard InChI is InChI=1S/C13H15N3O2/c1-14(2)10-13-4-3-9-15(13)11-5-7-12(8-6-11)16(17)18/h3-9H,10H2,1-2H3. The molecule has 0 saturated heterocycles. The van der Waals surface area contributed by atoms with E-state index >= 15 is 0 Å². The van der Waals surface area contributed by atoms with Crippen molar-refractivity contribution < 1.29 is 4.92 Å². The minimum absolute atomic E-state index is 0.111. The van der Waals surface area contributed by atoms with Crippen LogP contribution in [-0.2, 0) is 6.54 Å². The van der Waals surface area contributed by atoms with Gasteiger partial charge in [0.15, 0.2) is 0 Å². The average molecular weight is 245 g/mol. The first-order valence-corrected chi connectivity index (χ1v) is 5.64. The summed E-state index contributed by atoms with van der Waals surface area (Å²) in [5.41, 5.74) is 2.19. The first kappa shape index (κ1) is 12.3. The largest absolute Gasteiger partial charge is 0.320 e. The lowest BCUT2D eigenvalue weighted by Gasteiger charge is -2.13. The zero-order chi connectivity index (χ0) is 13.1. The molecule has 0 atom stereocenters. The highest BCUT2D eigenvalue weighted by Crippen LogP contribution is 2.18. The highest BCUT2D eigenvalue weighted by molar-refractivity contribution is 5.42. The number of aromatic nitrogens is 1. The second-order valence-corrected chi connectivity index (χ2v) is 4.38. The van der Waals surface area contributed by atoms with Gasteiger partial charge in [0.2, 0.25) is 0 Å². The summed E-state index contributed by atoms with van der Waals surface area (Å²) in [6, 6.07) is 10.6. The van der Waals surface area contributed by atoms with Crippen molar-refractivity contribution in [1.29, 1.82) is 0 Å². The van der Waals surface area contributed by atoms with E-state index in [1.165, 1.54) is 12.1 Å². The molecule has 94 valence electrons. The first-order valence-electron chi connectivity index (χ1n) is 5.64. The van der Waals surface area contributed by atoms with Crippen LogP contribution in [0.1, 0.15) is 5.69 Å². The minimum atomic E-state index is -0.389. The molecule has 1 aromatic heterocycles. The summed E-state index contributed by atoms with van der Waals surface area (Å²) in [6.07, 6.45) is 1.96. The van der Waals surface area contributed by atoms with E-state index in [1.807, 2.05) is 37.0 Å². The second kappa shape index (κ2) is 5.01. The summed E-state index contributed by atoms with van der Waals surface area (Å²) >= 11 is 0. The maximum absolute atomic E-state index is 10.6. The van der Waals surface area contributed by atoms with Gasteiger partial charge >= 0.3 is 0 Å². The second-order valence-electron chi connectivity index (χ2n) is 4.38. The van der Waals surface area contributed by atoms with Gasteiger partial charge in [0.1, 0.15) is 0 Å². The van der Waals surface area contributed by atoms with Gasteiger partial charge in [-0.3, -0.25) is 10.1 Å². The Morgan fingerprint density at radius 2 is 1.89 bits per heavy atom. The molecule has 18 heavy (non-hydrogen) atoms. The predicted octanol–water partition coefficient (Wildman–Crippen LogP) is 2.45. The number of benzene rings is 1. The van der Waals surface area contributed by atoms with E-state index in [0.717, 1.165) is 17.9 Å². The third kappa shape index (κ3) is 2.57. The van der Waals surface area contributed by atoms with Gasteiger partial charge < -0.3 is 9.47 Å². The third-order valence-electron chi connectivity index (χ3n) is 2.65. The van der Waals surface area contributed by atoms with Crippen LogP contribution in [0, 0.1) is 10.1 Å². The Bertz CT molecular complexity index is 544. The first-order chi connectivity index (χ1) is 8.58. The van der Waals surface area contributed by atoms with Crippen molar-refractivity contribution in [3.8, 4) is 5.69 Å². The van der Waals surface area contributed by atoms with E-state index < -0.39 is 0 Å². The summed E-state index contributed by atoms with van der Waals surface area (Å²) in [5, 5.41) is 10.6. The van der Waals surface area contributed by atoms with E-state index in [0.29, 0.717) is 0 Å². The fourth-order valence-electron chi connectivity index (χ4n) is 1.86. The number of hydrogen-bond acceptors (Lipinski definition) is 3. The SMILES string of the molecule is CN(C)Cc1cccn1-c1ccc([N+](=O)[O-])cc1. The molecule has 2 aromatic rings. The van der Waals surface area contributed by atoms with Gasteiger partial charge in [-0.25, -0.2) is 0 Å². The Hall–Kier alpha value is -2.14. The van der Waals surface area contributed by atoms with Crippen molar-refractivity contribution in [2.75, 3.05) is 14.1 Å². The lowest BCUT2D eigenvalue weighted by Crippen LogP contribution is -2.13. The number of hydrogen-bond donors (Lipinski definition) is 0. The molecular weight excluding hydrogens is 230 g/mol. The molecule has 0 aliphatic heterocycles. The Balaban J connectivity index is 2.31. The monoisotopic (exact) mass is 245 g/mol.